The lowest BCUT2D eigenvalue weighted by atomic mass is 10.3. The highest BCUT2D eigenvalue weighted by atomic mass is 32.2. The second-order valence-electron chi connectivity index (χ2n) is 4.61. The number of rotatable bonds is 5. The van der Waals surface area contributed by atoms with Gasteiger partial charge in [0.25, 0.3) is 0 Å². The molecule has 3 aromatic heterocycles. The fourth-order valence-corrected chi connectivity index (χ4v) is 3.47. The van der Waals surface area contributed by atoms with Gasteiger partial charge < -0.3 is 0 Å². The highest BCUT2D eigenvalue weighted by molar-refractivity contribution is 7.69. The van der Waals surface area contributed by atoms with Gasteiger partial charge in [0, 0.05) is 24.5 Å². The highest BCUT2D eigenvalue weighted by Crippen LogP contribution is 2.28. The number of thiol groups is 1. The minimum atomic E-state index is -2.59. The lowest BCUT2D eigenvalue weighted by Gasteiger charge is -2.11. The predicted molar refractivity (Wildman–Crippen MR) is 87.0 cm³/mol. The molecule has 3 aromatic rings. The smallest absolute Gasteiger partial charge is 0.204 e. The fourth-order valence-electron chi connectivity index (χ4n) is 2.03. The summed E-state index contributed by atoms with van der Waals surface area (Å²) in [5.41, 5.74) is 2.47. The van der Waals surface area contributed by atoms with Crippen LogP contribution in [-0.2, 0) is 17.4 Å². The molecule has 0 fully saturated rings. The molecule has 8 heteroatoms. The monoisotopic (exact) mass is 334 g/mol. The van der Waals surface area contributed by atoms with E-state index in [2.05, 4.69) is 15.0 Å². The molecule has 22 heavy (non-hydrogen) atoms. The van der Waals surface area contributed by atoms with Crippen LogP contribution < -0.4 is 0 Å². The van der Waals surface area contributed by atoms with Crippen molar-refractivity contribution >= 4 is 32.6 Å². The van der Waals surface area contributed by atoms with Crippen LogP contribution in [-0.4, -0.2) is 34.2 Å². The number of aromatic nitrogens is 3. The van der Waals surface area contributed by atoms with Gasteiger partial charge in [-0.05, 0) is 24.3 Å². The average molecular weight is 334 g/mol. The number of hydrogen-bond acceptors (Lipinski definition) is 6. The van der Waals surface area contributed by atoms with Crippen LogP contribution in [0.15, 0.2) is 36.7 Å². The molecule has 0 aliphatic rings. The third kappa shape index (κ3) is 3.13. The Kier molecular flexibility index (Phi) is 4.41. The molecule has 0 saturated carbocycles. The number of pyridine rings is 2. The third-order valence-corrected chi connectivity index (χ3v) is 5.06. The van der Waals surface area contributed by atoms with Gasteiger partial charge >= 0.3 is 0 Å². The van der Waals surface area contributed by atoms with E-state index in [1.807, 2.05) is 24.3 Å². The van der Waals surface area contributed by atoms with Gasteiger partial charge in [-0.25, -0.2) is 18.4 Å². The summed E-state index contributed by atoms with van der Waals surface area (Å²) in [7, 11) is -2.59. The summed E-state index contributed by atoms with van der Waals surface area (Å²) in [6.07, 6.45) is 3.48. The van der Waals surface area contributed by atoms with E-state index < -0.39 is 10.9 Å². The highest BCUT2D eigenvalue weighted by Gasteiger charge is 2.11. The Hall–Kier alpha value is -1.90. The molecule has 0 aliphatic carbocycles. The van der Waals surface area contributed by atoms with Crippen LogP contribution in [0.25, 0.3) is 20.9 Å². The molecule has 0 bridgehead atoms. The Labute approximate surface area is 133 Å². The topological polar surface area (TPSA) is 76.1 Å². The van der Waals surface area contributed by atoms with Gasteiger partial charge in [0.05, 0.1) is 12.2 Å². The zero-order valence-corrected chi connectivity index (χ0v) is 13.6. The van der Waals surface area contributed by atoms with E-state index in [0.29, 0.717) is 6.54 Å². The molecule has 0 N–H and O–H groups in total. The maximum Gasteiger partial charge on any atom is 0.204 e. The van der Waals surface area contributed by atoms with Crippen molar-refractivity contribution in [2.75, 3.05) is 6.54 Å². The summed E-state index contributed by atoms with van der Waals surface area (Å²) in [6.45, 7) is 2.52. The zero-order valence-electron chi connectivity index (χ0n) is 11.8. The van der Waals surface area contributed by atoms with Crippen molar-refractivity contribution in [2.24, 2.45) is 0 Å². The second kappa shape index (κ2) is 6.47. The van der Waals surface area contributed by atoms with Gasteiger partial charge in [-0.2, -0.15) is 4.31 Å². The normalized spacial score (nSPS) is 11.6. The predicted octanol–water partition coefficient (Wildman–Crippen LogP) is 2.10. The summed E-state index contributed by atoms with van der Waals surface area (Å²) >= 11 is 1.48. The van der Waals surface area contributed by atoms with Gasteiger partial charge in [0.2, 0.25) is 10.9 Å². The first kappa shape index (κ1) is 15.0. The minimum Gasteiger partial charge on any atom is -0.264 e. The quantitative estimate of drug-likeness (QED) is 0.723. The first-order valence-electron chi connectivity index (χ1n) is 6.73. The Morgan fingerprint density at radius 1 is 1.23 bits per heavy atom. The molecule has 3 rings (SSSR count). The Morgan fingerprint density at radius 3 is 2.77 bits per heavy atom. The van der Waals surface area contributed by atoms with Crippen LogP contribution in [0.1, 0.15) is 12.6 Å². The van der Waals surface area contributed by atoms with E-state index in [4.69, 9.17) is 0 Å². The van der Waals surface area contributed by atoms with Crippen LogP contribution >= 0.6 is 11.3 Å². The van der Waals surface area contributed by atoms with Gasteiger partial charge in [-0.15, -0.1) is 0 Å². The van der Waals surface area contributed by atoms with Crippen molar-refractivity contribution in [3.05, 3.63) is 42.4 Å². The van der Waals surface area contributed by atoms with Gasteiger partial charge in [0.1, 0.15) is 15.4 Å². The van der Waals surface area contributed by atoms with E-state index in [1.54, 1.807) is 19.3 Å². The van der Waals surface area contributed by atoms with E-state index in [-0.39, 0.29) is 6.54 Å². The van der Waals surface area contributed by atoms with Gasteiger partial charge in [-0.3, -0.25) is 4.98 Å². The molecule has 0 aliphatic heterocycles. The van der Waals surface area contributed by atoms with Crippen LogP contribution in [0, 0.1) is 0 Å². The van der Waals surface area contributed by atoms with Crippen molar-refractivity contribution in [1.82, 2.24) is 19.3 Å². The van der Waals surface area contributed by atoms with Crippen LogP contribution in [0.5, 0.6) is 0 Å². The Bertz CT molecular complexity index is 854. The van der Waals surface area contributed by atoms with E-state index in [0.717, 1.165) is 26.6 Å². The molecule has 0 atom stereocenters. The maximum absolute atomic E-state index is 11.1. The molecule has 0 radical (unpaired) electrons. The summed E-state index contributed by atoms with van der Waals surface area (Å²) < 4.78 is 23.6. The van der Waals surface area contributed by atoms with Crippen molar-refractivity contribution in [1.29, 1.82) is 0 Å². The standard InChI is InChI=1S/C14H14N4O2S2/c1-2-18(22(19)20)9-11-5-6-12-14(16-11)21-13(17-12)10-4-3-7-15-8-10/h3-8,22H,2,9H2,1H3. The molecule has 0 unspecified atom stereocenters. The summed E-state index contributed by atoms with van der Waals surface area (Å²) in [5, 5.41) is 0.856. The molecule has 0 spiro atoms. The van der Waals surface area contributed by atoms with E-state index >= 15 is 0 Å². The first-order chi connectivity index (χ1) is 10.7. The van der Waals surface area contributed by atoms with Crippen LogP contribution in [0.2, 0.25) is 0 Å². The molecule has 0 saturated heterocycles. The summed E-state index contributed by atoms with van der Waals surface area (Å²) in [6, 6.07) is 7.51. The maximum atomic E-state index is 11.1. The SMILES string of the molecule is CCN(Cc1ccc2nc(-c3cccnc3)sc2n1)[SH](=O)=O. The van der Waals surface area contributed by atoms with Crippen molar-refractivity contribution in [2.45, 2.75) is 13.5 Å². The van der Waals surface area contributed by atoms with Gasteiger partial charge in [-0.1, -0.05) is 18.3 Å². The molecule has 6 nitrogen and oxygen atoms in total. The van der Waals surface area contributed by atoms with Crippen molar-refractivity contribution in [3.8, 4) is 10.6 Å². The summed E-state index contributed by atoms with van der Waals surface area (Å²) in [4.78, 5) is 14.0. The van der Waals surface area contributed by atoms with Crippen LogP contribution in [0.3, 0.4) is 0 Å². The van der Waals surface area contributed by atoms with Crippen molar-refractivity contribution < 1.29 is 8.42 Å². The number of fused-ring (bicyclic) bond motifs is 1. The Balaban J connectivity index is 1.94. The first-order valence-corrected chi connectivity index (χ1v) is 8.68. The summed E-state index contributed by atoms with van der Waals surface area (Å²) in [5.74, 6) is 0. The van der Waals surface area contributed by atoms with Crippen LogP contribution in [0.4, 0.5) is 0 Å². The van der Waals surface area contributed by atoms with Gasteiger partial charge in [0.15, 0.2) is 0 Å². The van der Waals surface area contributed by atoms with E-state index in [9.17, 15) is 8.42 Å². The third-order valence-electron chi connectivity index (χ3n) is 3.16. The average Bonchev–Trinajstić information content (AvgIpc) is 2.96. The molecular formula is C14H14N4O2S2. The fraction of sp³-hybridized carbons (Fsp3) is 0.214. The van der Waals surface area contributed by atoms with E-state index in [1.165, 1.54) is 15.6 Å². The molecular weight excluding hydrogens is 320 g/mol. The minimum absolute atomic E-state index is 0.283. The molecule has 0 aromatic carbocycles. The molecule has 0 amide bonds. The molecule has 114 valence electrons. The molecule has 3 heterocycles. The number of thiazole rings is 1. The van der Waals surface area contributed by atoms with Crippen molar-refractivity contribution in [3.63, 3.8) is 0 Å². The second-order valence-corrected chi connectivity index (χ2v) is 6.63. The largest absolute Gasteiger partial charge is 0.264 e. The zero-order chi connectivity index (χ0) is 15.5. The number of hydrogen-bond donors (Lipinski definition) is 1. The Morgan fingerprint density at radius 2 is 2.09 bits per heavy atom. The number of nitrogens with zero attached hydrogens (tertiary/aromatic N) is 4. The lowest BCUT2D eigenvalue weighted by molar-refractivity contribution is 0.435. The lowest BCUT2D eigenvalue weighted by Crippen LogP contribution is -2.21.